The third kappa shape index (κ3) is 1.54. The molecule has 2 rings (SSSR count). The van der Waals surface area contributed by atoms with Crippen LogP contribution in [0.1, 0.15) is 20.3 Å². The minimum absolute atomic E-state index is 0.00509. The number of nitro benzene ring substituents is 1. The van der Waals surface area contributed by atoms with Crippen LogP contribution in [0.25, 0.3) is 0 Å². The molecule has 0 spiro atoms. The largest absolute Gasteiger partial charge is 0.306 e. The second-order valence-electron chi connectivity index (χ2n) is 4.50. The van der Waals surface area contributed by atoms with E-state index >= 15 is 0 Å². The van der Waals surface area contributed by atoms with Gasteiger partial charge < -0.3 is 4.90 Å². The zero-order chi connectivity index (χ0) is 11.9. The molecule has 1 aliphatic rings. The second-order valence-corrected chi connectivity index (χ2v) is 4.50. The molecule has 16 heavy (non-hydrogen) atoms. The third-order valence-corrected chi connectivity index (χ3v) is 2.74. The number of anilines is 1. The molecule has 1 saturated heterocycles. The van der Waals surface area contributed by atoms with E-state index in [0.717, 1.165) is 0 Å². The van der Waals surface area contributed by atoms with Crippen LogP contribution < -0.4 is 4.90 Å². The average molecular weight is 220 g/mol. The molecular formula is C11H12N2O3. The van der Waals surface area contributed by atoms with Crippen LogP contribution in [0, 0.1) is 10.1 Å². The molecule has 0 atom stereocenters. The fourth-order valence-electron chi connectivity index (χ4n) is 2.01. The summed E-state index contributed by atoms with van der Waals surface area (Å²) in [5, 5.41) is 10.6. The summed E-state index contributed by atoms with van der Waals surface area (Å²) in [6.07, 6.45) is 0.482. The Balaban J connectivity index is 2.37. The molecule has 1 aromatic carbocycles. The van der Waals surface area contributed by atoms with E-state index < -0.39 is 4.92 Å². The van der Waals surface area contributed by atoms with Gasteiger partial charge in [-0.3, -0.25) is 14.9 Å². The Bertz CT molecular complexity index is 468. The van der Waals surface area contributed by atoms with E-state index in [-0.39, 0.29) is 17.1 Å². The third-order valence-electron chi connectivity index (χ3n) is 2.74. The number of β-lactam (4-membered cyclic amide) rings is 1. The van der Waals surface area contributed by atoms with Crippen LogP contribution in [0.3, 0.4) is 0 Å². The second kappa shape index (κ2) is 3.30. The highest BCUT2D eigenvalue weighted by molar-refractivity contribution is 6.02. The number of hydrogen-bond acceptors (Lipinski definition) is 3. The van der Waals surface area contributed by atoms with Gasteiger partial charge in [0.25, 0.3) is 5.69 Å². The molecule has 84 valence electrons. The summed E-state index contributed by atoms with van der Waals surface area (Å²) >= 11 is 0. The highest BCUT2D eigenvalue weighted by Gasteiger charge is 2.44. The highest BCUT2D eigenvalue weighted by Crippen LogP contribution is 2.37. The number of benzene rings is 1. The molecule has 5 heteroatoms. The molecule has 0 aromatic heterocycles. The van der Waals surface area contributed by atoms with Crippen LogP contribution >= 0.6 is 0 Å². The molecule has 0 unspecified atom stereocenters. The maximum atomic E-state index is 11.5. The summed E-state index contributed by atoms with van der Waals surface area (Å²) in [7, 11) is 0. The van der Waals surface area contributed by atoms with E-state index in [1.165, 1.54) is 12.1 Å². The molecule has 0 N–H and O–H groups in total. The quantitative estimate of drug-likeness (QED) is 0.435. The Hall–Kier alpha value is -1.91. The van der Waals surface area contributed by atoms with E-state index in [1.54, 1.807) is 17.0 Å². The van der Waals surface area contributed by atoms with E-state index in [1.807, 2.05) is 13.8 Å². The van der Waals surface area contributed by atoms with Crippen molar-refractivity contribution in [3.05, 3.63) is 34.4 Å². The maximum absolute atomic E-state index is 11.5. The number of carbonyl (C=O) groups excluding carboxylic acids is 1. The van der Waals surface area contributed by atoms with E-state index in [9.17, 15) is 14.9 Å². The van der Waals surface area contributed by atoms with Crippen LogP contribution in [0.4, 0.5) is 11.4 Å². The van der Waals surface area contributed by atoms with E-state index in [2.05, 4.69) is 0 Å². The standard InChI is InChI=1S/C11H12N2O3/c1-11(2)7-10(14)12(11)8-4-3-5-9(6-8)13(15)16/h3-6H,7H2,1-2H3. The van der Waals surface area contributed by atoms with Crippen molar-refractivity contribution in [2.75, 3.05) is 4.90 Å². The Morgan fingerprint density at radius 2 is 2.12 bits per heavy atom. The minimum Gasteiger partial charge on any atom is -0.306 e. The molecule has 0 aliphatic carbocycles. The van der Waals surface area contributed by atoms with Crippen molar-refractivity contribution >= 4 is 17.3 Å². The smallest absolute Gasteiger partial charge is 0.271 e. The molecule has 1 aliphatic heterocycles. The number of nitrogens with zero attached hydrogens (tertiary/aromatic N) is 2. The van der Waals surface area contributed by atoms with Crippen molar-refractivity contribution in [1.82, 2.24) is 0 Å². The Morgan fingerprint density at radius 3 is 2.62 bits per heavy atom. The summed E-state index contributed by atoms with van der Waals surface area (Å²) < 4.78 is 0. The molecule has 5 nitrogen and oxygen atoms in total. The number of nitro groups is 1. The summed E-state index contributed by atoms with van der Waals surface area (Å²) in [6.45, 7) is 3.88. The van der Waals surface area contributed by atoms with Gasteiger partial charge in [0, 0.05) is 12.1 Å². The number of carbonyl (C=O) groups is 1. The van der Waals surface area contributed by atoms with Gasteiger partial charge in [-0.1, -0.05) is 6.07 Å². The molecular weight excluding hydrogens is 208 g/mol. The number of amides is 1. The van der Waals surface area contributed by atoms with Crippen molar-refractivity contribution < 1.29 is 9.72 Å². The van der Waals surface area contributed by atoms with Crippen molar-refractivity contribution in [3.8, 4) is 0 Å². The van der Waals surface area contributed by atoms with Gasteiger partial charge in [0.1, 0.15) is 0 Å². The van der Waals surface area contributed by atoms with Crippen molar-refractivity contribution in [1.29, 1.82) is 0 Å². The van der Waals surface area contributed by atoms with Gasteiger partial charge in [0.05, 0.1) is 22.6 Å². The van der Waals surface area contributed by atoms with Crippen LogP contribution in [0.2, 0.25) is 0 Å². The topological polar surface area (TPSA) is 63.5 Å². The fourth-order valence-corrected chi connectivity index (χ4v) is 2.01. The first-order valence-corrected chi connectivity index (χ1v) is 4.99. The molecule has 1 heterocycles. The molecule has 0 radical (unpaired) electrons. The zero-order valence-corrected chi connectivity index (χ0v) is 9.14. The van der Waals surface area contributed by atoms with Crippen molar-refractivity contribution in [2.45, 2.75) is 25.8 Å². The molecule has 0 bridgehead atoms. The van der Waals surface area contributed by atoms with Gasteiger partial charge in [0.2, 0.25) is 5.91 Å². The summed E-state index contributed by atoms with van der Waals surface area (Å²) in [5.41, 5.74) is 0.357. The summed E-state index contributed by atoms with van der Waals surface area (Å²) in [6, 6.07) is 6.15. The highest BCUT2D eigenvalue weighted by atomic mass is 16.6. The predicted octanol–water partition coefficient (Wildman–Crippen LogP) is 2.11. The molecule has 1 amide bonds. The molecule has 1 aromatic rings. The van der Waals surface area contributed by atoms with Gasteiger partial charge in [-0.2, -0.15) is 0 Å². The van der Waals surface area contributed by atoms with Crippen molar-refractivity contribution in [3.63, 3.8) is 0 Å². The van der Waals surface area contributed by atoms with Gasteiger partial charge in [-0.15, -0.1) is 0 Å². The monoisotopic (exact) mass is 220 g/mol. The van der Waals surface area contributed by atoms with Gasteiger partial charge in [-0.25, -0.2) is 0 Å². The SMILES string of the molecule is CC1(C)CC(=O)N1c1cccc([N+](=O)[O-])c1. The predicted molar refractivity (Wildman–Crippen MR) is 59.3 cm³/mol. The first kappa shape index (κ1) is 10.6. The summed E-state index contributed by atoms with van der Waals surface area (Å²) in [4.78, 5) is 23.3. The number of non-ortho nitro benzene ring substituents is 1. The number of rotatable bonds is 2. The Labute approximate surface area is 92.8 Å². The minimum atomic E-state index is -0.458. The van der Waals surface area contributed by atoms with Gasteiger partial charge in [0.15, 0.2) is 0 Å². The van der Waals surface area contributed by atoms with Crippen LogP contribution in [-0.4, -0.2) is 16.4 Å². The molecule has 0 saturated carbocycles. The van der Waals surface area contributed by atoms with E-state index in [4.69, 9.17) is 0 Å². The fraction of sp³-hybridized carbons (Fsp3) is 0.364. The zero-order valence-electron chi connectivity index (χ0n) is 9.14. The Kier molecular flexibility index (Phi) is 2.18. The molecule has 1 fully saturated rings. The summed E-state index contributed by atoms with van der Waals surface area (Å²) in [5.74, 6) is 0.00509. The lowest BCUT2D eigenvalue weighted by Crippen LogP contribution is -2.60. The van der Waals surface area contributed by atoms with Gasteiger partial charge >= 0.3 is 0 Å². The lowest BCUT2D eigenvalue weighted by atomic mass is 9.87. The van der Waals surface area contributed by atoms with Crippen LogP contribution in [-0.2, 0) is 4.79 Å². The normalized spacial score (nSPS) is 18.1. The lowest BCUT2D eigenvalue weighted by molar-refractivity contribution is -0.384. The van der Waals surface area contributed by atoms with E-state index in [0.29, 0.717) is 12.1 Å². The first-order valence-electron chi connectivity index (χ1n) is 4.99. The number of hydrogen-bond donors (Lipinski definition) is 0. The van der Waals surface area contributed by atoms with Gasteiger partial charge in [-0.05, 0) is 19.9 Å². The first-order chi connectivity index (χ1) is 7.42. The average Bonchev–Trinajstić information content (AvgIpc) is 2.16. The van der Waals surface area contributed by atoms with Crippen LogP contribution in [0.5, 0.6) is 0 Å². The maximum Gasteiger partial charge on any atom is 0.271 e. The lowest BCUT2D eigenvalue weighted by Gasteiger charge is -2.47. The van der Waals surface area contributed by atoms with Crippen LogP contribution in [0.15, 0.2) is 24.3 Å². The van der Waals surface area contributed by atoms with Crippen molar-refractivity contribution in [2.24, 2.45) is 0 Å². The Morgan fingerprint density at radius 1 is 1.44 bits per heavy atom.